The second-order valence-electron chi connectivity index (χ2n) is 3.67. The van der Waals surface area contributed by atoms with E-state index in [0.29, 0.717) is 6.08 Å². The number of alkyl halides is 3. The summed E-state index contributed by atoms with van der Waals surface area (Å²) < 4.78 is 82.6. The summed E-state index contributed by atoms with van der Waals surface area (Å²) in [6.07, 6.45) is -4.27. The maximum atomic E-state index is 11.9. The van der Waals surface area contributed by atoms with Gasteiger partial charge in [0.1, 0.15) is 5.75 Å². The van der Waals surface area contributed by atoms with Crippen molar-refractivity contribution in [3.8, 4) is 5.75 Å². The van der Waals surface area contributed by atoms with Gasteiger partial charge in [0.2, 0.25) is 20.0 Å². The van der Waals surface area contributed by atoms with Crippen LogP contribution in [0.2, 0.25) is 0 Å². The van der Waals surface area contributed by atoms with Gasteiger partial charge in [-0.2, -0.15) is 0 Å². The molecule has 7 nitrogen and oxygen atoms in total. The second-order valence-corrected chi connectivity index (χ2v) is 6.99. The Bertz CT molecular complexity index is 729. The first kappa shape index (κ1) is 21.0. The summed E-state index contributed by atoms with van der Waals surface area (Å²) in [5, 5.41) is 9.40. The van der Waals surface area contributed by atoms with Gasteiger partial charge in [-0.25, -0.2) is 27.1 Å². The average molecular weight is 354 g/mol. The molecule has 1 rings (SSSR count). The quantitative estimate of drug-likeness (QED) is 0.581. The molecule has 0 aliphatic carbocycles. The predicted octanol–water partition coefficient (Wildman–Crippen LogP) is -2.42. The molecule has 0 fully saturated rings. The molecule has 120 valence electrons. The number of hydrogen-bond acceptors (Lipinski definition) is 5. The van der Waals surface area contributed by atoms with Gasteiger partial charge in [0, 0.05) is 0 Å². The summed E-state index contributed by atoms with van der Waals surface area (Å²) >= 11 is 0. The standard InChI is InChI=1S/C9H9F3N2O5S2.Li.H/c10-9(11,12)19-7-3-1-6(2-4-7)5-8(20(13,15)16)21(14,17)18;;/h1-5H,(H2,13,15,16)(H2,14,17,18);;/q;+1;-1. The Morgan fingerprint density at radius 2 is 1.45 bits per heavy atom. The van der Waals surface area contributed by atoms with Crippen LogP contribution >= 0.6 is 0 Å². The Morgan fingerprint density at radius 1 is 1.05 bits per heavy atom. The van der Waals surface area contributed by atoms with E-state index in [4.69, 9.17) is 10.3 Å². The molecule has 0 saturated heterocycles. The van der Waals surface area contributed by atoms with E-state index in [9.17, 15) is 30.0 Å². The van der Waals surface area contributed by atoms with E-state index in [1.54, 1.807) is 0 Å². The van der Waals surface area contributed by atoms with Crippen LogP contribution in [0.4, 0.5) is 13.2 Å². The van der Waals surface area contributed by atoms with E-state index in [0.717, 1.165) is 24.3 Å². The molecule has 0 saturated carbocycles. The monoisotopic (exact) mass is 354 g/mol. The predicted molar refractivity (Wildman–Crippen MR) is 68.4 cm³/mol. The van der Waals surface area contributed by atoms with Gasteiger partial charge in [0.25, 0.3) is 0 Å². The van der Waals surface area contributed by atoms with Crippen LogP contribution in [0, 0.1) is 0 Å². The van der Waals surface area contributed by atoms with Crippen molar-refractivity contribution in [1.29, 1.82) is 0 Å². The van der Waals surface area contributed by atoms with Crippen LogP contribution in [-0.2, 0) is 20.0 Å². The molecule has 13 heteroatoms. The molecule has 0 atom stereocenters. The number of nitrogens with two attached hydrogens (primary N) is 2. The van der Waals surface area contributed by atoms with Crippen molar-refractivity contribution in [3.05, 3.63) is 34.1 Å². The summed E-state index contributed by atoms with van der Waals surface area (Å²) in [5.41, 5.74) is -0.0532. The SMILES string of the molecule is NS(=O)(=O)C(=Cc1ccc(OC(F)(F)F)cc1)S(N)(=O)=O.[H-].[Li+]. The van der Waals surface area contributed by atoms with E-state index < -0.39 is 36.4 Å². The number of ether oxygens (including phenoxy) is 1. The van der Waals surface area contributed by atoms with Crippen molar-refractivity contribution in [2.75, 3.05) is 0 Å². The zero-order valence-corrected chi connectivity index (χ0v) is 12.7. The van der Waals surface area contributed by atoms with E-state index in [1.807, 2.05) is 0 Å². The number of benzene rings is 1. The third kappa shape index (κ3) is 6.82. The van der Waals surface area contributed by atoms with Gasteiger partial charge in [-0.15, -0.1) is 13.2 Å². The first-order valence-corrected chi connectivity index (χ1v) is 8.01. The van der Waals surface area contributed by atoms with Crippen molar-refractivity contribution >= 4 is 26.1 Å². The van der Waals surface area contributed by atoms with Gasteiger partial charge in [-0.1, -0.05) is 12.1 Å². The summed E-state index contributed by atoms with van der Waals surface area (Å²) in [5.74, 6) is -0.563. The Balaban J connectivity index is 0. The molecule has 0 unspecified atom stereocenters. The maximum Gasteiger partial charge on any atom is 1.00 e. The van der Waals surface area contributed by atoms with E-state index in [1.165, 1.54) is 0 Å². The van der Waals surface area contributed by atoms with E-state index in [-0.39, 0.29) is 25.9 Å². The number of sulfonamides is 2. The molecule has 0 aliphatic heterocycles. The van der Waals surface area contributed by atoms with Crippen molar-refractivity contribution in [2.45, 2.75) is 6.36 Å². The smallest absolute Gasteiger partial charge is 1.00 e. The largest absolute Gasteiger partial charge is 1.00 e. The first-order valence-electron chi connectivity index (χ1n) is 4.92. The van der Waals surface area contributed by atoms with E-state index in [2.05, 4.69) is 4.74 Å². The Morgan fingerprint density at radius 3 is 1.77 bits per heavy atom. The van der Waals surface area contributed by atoms with Gasteiger partial charge in [-0.05, 0) is 23.8 Å². The van der Waals surface area contributed by atoms with Gasteiger partial charge in [-0.3, -0.25) is 0 Å². The molecule has 4 N–H and O–H groups in total. The Hall–Kier alpha value is -1.03. The zero-order chi connectivity index (χ0) is 16.5. The van der Waals surface area contributed by atoms with E-state index >= 15 is 0 Å². The van der Waals surface area contributed by atoms with Crippen LogP contribution < -0.4 is 33.9 Å². The number of rotatable bonds is 4. The van der Waals surface area contributed by atoms with Gasteiger partial charge >= 0.3 is 25.2 Å². The fourth-order valence-electron chi connectivity index (χ4n) is 1.23. The minimum absolute atomic E-state index is 0. The van der Waals surface area contributed by atoms with Gasteiger partial charge < -0.3 is 6.16 Å². The van der Waals surface area contributed by atoms with Crippen LogP contribution in [0.3, 0.4) is 0 Å². The van der Waals surface area contributed by atoms with Crippen molar-refractivity contribution in [2.24, 2.45) is 10.3 Å². The molecule has 0 aliphatic rings. The third-order valence-corrected chi connectivity index (χ3v) is 4.71. The summed E-state index contributed by atoms with van der Waals surface area (Å²) in [7, 11) is -9.25. The van der Waals surface area contributed by atoms with Crippen LogP contribution in [0.5, 0.6) is 5.75 Å². The molecule has 0 heterocycles. The minimum Gasteiger partial charge on any atom is -1.00 e. The fraction of sp³-hybridized carbons (Fsp3) is 0.111. The first-order chi connectivity index (χ1) is 9.29. The fourth-order valence-corrected chi connectivity index (χ4v) is 3.12. The number of hydrogen-bond donors (Lipinski definition) is 2. The average Bonchev–Trinajstić information content (AvgIpc) is 2.22. The molecule has 0 amide bonds. The third-order valence-electron chi connectivity index (χ3n) is 1.96. The zero-order valence-electron chi connectivity index (χ0n) is 12.0. The molecule has 0 spiro atoms. The van der Waals surface area contributed by atoms with Crippen molar-refractivity contribution < 1.29 is 55.0 Å². The summed E-state index contributed by atoms with van der Waals surface area (Å²) in [6, 6.07) is 3.72. The molecule has 0 radical (unpaired) electrons. The Labute approximate surface area is 137 Å². The second kappa shape index (κ2) is 7.03. The van der Waals surface area contributed by atoms with Crippen LogP contribution in [0.1, 0.15) is 6.99 Å². The Kier molecular flexibility index (Phi) is 6.70. The molecule has 1 aromatic rings. The molecule has 0 aromatic heterocycles. The molecule has 22 heavy (non-hydrogen) atoms. The number of primary sulfonamides is 2. The topological polar surface area (TPSA) is 130 Å². The molecule has 0 bridgehead atoms. The van der Waals surface area contributed by atoms with Crippen molar-refractivity contribution in [3.63, 3.8) is 0 Å². The van der Waals surface area contributed by atoms with Crippen LogP contribution in [-0.4, -0.2) is 23.2 Å². The molecular weight excluding hydrogens is 344 g/mol. The number of halogens is 3. The summed E-state index contributed by atoms with van der Waals surface area (Å²) in [6.45, 7) is 0. The summed E-state index contributed by atoms with van der Waals surface area (Å²) in [4.78, 5) is 0. The van der Waals surface area contributed by atoms with Crippen LogP contribution in [0.25, 0.3) is 6.08 Å². The van der Waals surface area contributed by atoms with Gasteiger partial charge in [0.05, 0.1) is 0 Å². The van der Waals surface area contributed by atoms with Crippen molar-refractivity contribution in [1.82, 2.24) is 0 Å². The van der Waals surface area contributed by atoms with Gasteiger partial charge in [0.15, 0.2) is 4.24 Å². The maximum absolute atomic E-state index is 11.9. The van der Waals surface area contributed by atoms with Crippen LogP contribution in [0.15, 0.2) is 28.5 Å². The minimum atomic E-state index is -4.89. The normalized spacial score (nSPS) is 12.2. The molecular formula is C9H10F3LiN2O5S2. The molecule has 1 aromatic carbocycles.